The largest absolute Gasteiger partial charge is 0.376 e. The highest BCUT2D eigenvalue weighted by molar-refractivity contribution is 5.86. The van der Waals surface area contributed by atoms with Crippen molar-refractivity contribution in [2.75, 3.05) is 35.0 Å². The first-order chi connectivity index (χ1) is 9.62. The first-order valence-corrected chi connectivity index (χ1v) is 6.29. The van der Waals surface area contributed by atoms with Gasteiger partial charge in [-0.15, -0.1) is 0 Å². The molecule has 5 unspecified atom stereocenters. The van der Waals surface area contributed by atoms with Gasteiger partial charge in [-0.2, -0.15) is 0 Å². The summed E-state index contributed by atoms with van der Waals surface area (Å²) in [6.45, 7) is 3.66. The second-order valence-electron chi connectivity index (χ2n) is 4.33. The van der Waals surface area contributed by atoms with Crippen LogP contribution in [0.4, 0.5) is 0 Å². The quantitative estimate of drug-likeness (QED) is 0.649. The van der Waals surface area contributed by atoms with Gasteiger partial charge in [0.05, 0.1) is 0 Å². The number of carbonyl (C=O) groups is 1. The van der Waals surface area contributed by atoms with Crippen LogP contribution in [0.15, 0.2) is 12.7 Å². The number of amides is 1. The van der Waals surface area contributed by atoms with E-state index in [1.165, 1.54) is 13.2 Å². The maximum absolute atomic E-state index is 11.3. The van der Waals surface area contributed by atoms with E-state index in [2.05, 4.69) is 11.9 Å². The molecule has 0 aromatic carbocycles. The molecular weight excluding hydrogens is 266 g/mol. The Morgan fingerprint density at radius 3 is 2.15 bits per heavy atom. The van der Waals surface area contributed by atoms with Crippen molar-refractivity contribution in [2.45, 2.75) is 30.7 Å². The molecule has 1 N–H and O–H groups in total. The number of carbonyl (C=O) groups excluding carboxylic acids is 1. The summed E-state index contributed by atoms with van der Waals surface area (Å²) in [6.07, 6.45) is -0.978. The van der Waals surface area contributed by atoms with Crippen molar-refractivity contribution in [1.29, 1.82) is 0 Å². The Morgan fingerprint density at radius 2 is 1.70 bits per heavy atom. The Kier molecular flexibility index (Phi) is 7.11. The van der Waals surface area contributed by atoms with Crippen LogP contribution in [0.5, 0.6) is 0 Å². The van der Waals surface area contributed by atoms with Crippen molar-refractivity contribution in [3.8, 4) is 0 Å². The number of methoxy groups -OCH3 is 4. The standard InChI is InChI=1S/C13H23NO6/c1-6-9(15)14-7-8-10(16-2)11(17-3)12(18-4)13(19-5)20-8/h6,8,10-13H,1,7H2,2-5H3,(H,14,15). The Morgan fingerprint density at radius 1 is 1.10 bits per heavy atom. The van der Waals surface area contributed by atoms with Crippen LogP contribution in [-0.4, -0.2) is 71.6 Å². The molecule has 7 heteroatoms. The first-order valence-electron chi connectivity index (χ1n) is 6.29. The smallest absolute Gasteiger partial charge is 0.243 e. The Balaban J connectivity index is 2.81. The van der Waals surface area contributed by atoms with Crippen LogP contribution in [-0.2, 0) is 28.5 Å². The molecule has 0 radical (unpaired) electrons. The van der Waals surface area contributed by atoms with Crippen molar-refractivity contribution in [3.63, 3.8) is 0 Å². The van der Waals surface area contributed by atoms with E-state index in [-0.39, 0.29) is 24.7 Å². The molecule has 1 fully saturated rings. The van der Waals surface area contributed by atoms with Crippen LogP contribution in [0.1, 0.15) is 0 Å². The van der Waals surface area contributed by atoms with E-state index >= 15 is 0 Å². The van der Waals surface area contributed by atoms with E-state index in [0.29, 0.717) is 0 Å². The fourth-order valence-corrected chi connectivity index (χ4v) is 2.31. The summed E-state index contributed by atoms with van der Waals surface area (Å²) in [5.41, 5.74) is 0. The normalized spacial score (nSPS) is 33.7. The van der Waals surface area contributed by atoms with Crippen molar-refractivity contribution < 1.29 is 28.5 Å². The summed E-state index contributed by atoms with van der Waals surface area (Å²) < 4.78 is 27.3. The maximum Gasteiger partial charge on any atom is 0.243 e. The van der Waals surface area contributed by atoms with Gasteiger partial charge < -0.3 is 29.0 Å². The number of rotatable bonds is 7. The molecule has 5 atom stereocenters. The summed E-state index contributed by atoms with van der Waals surface area (Å²) in [6, 6.07) is 0. The lowest BCUT2D eigenvalue weighted by Gasteiger charge is -2.44. The molecule has 1 aliphatic rings. The van der Waals surface area contributed by atoms with E-state index in [1.54, 1.807) is 21.3 Å². The van der Waals surface area contributed by atoms with E-state index in [1.807, 2.05) is 0 Å². The monoisotopic (exact) mass is 289 g/mol. The van der Waals surface area contributed by atoms with E-state index in [0.717, 1.165) is 0 Å². The van der Waals surface area contributed by atoms with E-state index in [9.17, 15) is 4.79 Å². The van der Waals surface area contributed by atoms with Gasteiger partial charge in [-0.25, -0.2) is 0 Å². The van der Waals surface area contributed by atoms with Gasteiger partial charge in [0.25, 0.3) is 0 Å². The van der Waals surface area contributed by atoms with Crippen LogP contribution < -0.4 is 5.32 Å². The molecule has 1 heterocycles. The molecular formula is C13H23NO6. The highest BCUT2D eigenvalue weighted by Gasteiger charge is 2.47. The lowest BCUT2D eigenvalue weighted by Crippen LogP contribution is -2.62. The topological polar surface area (TPSA) is 75.3 Å². The van der Waals surface area contributed by atoms with Crippen LogP contribution in [0.25, 0.3) is 0 Å². The molecule has 0 saturated carbocycles. The lowest BCUT2D eigenvalue weighted by atomic mass is 9.98. The Bertz CT molecular complexity index is 324. The van der Waals surface area contributed by atoms with Crippen LogP contribution in [0.2, 0.25) is 0 Å². The molecule has 20 heavy (non-hydrogen) atoms. The van der Waals surface area contributed by atoms with Crippen LogP contribution in [0, 0.1) is 0 Å². The molecule has 1 rings (SSSR count). The number of hydrogen-bond acceptors (Lipinski definition) is 6. The molecule has 0 spiro atoms. The zero-order valence-corrected chi connectivity index (χ0v) is 12.3. The minimum Gasteiger partial charge on any atom is -0.376 e. The maximum atomic E-state index is 11.3. The molecule has 0 aliphatic carbocycles. The fourth-order valence-electron chi connectivity index (χ4n) is 2.31. The molecule has 0 aromatic heterocycles. The van der Waals surface area contributed by atoms with Gasteiger partial charge in [-0.05, 0) is 6.08 Å². The summed E-state index contributed by atoms with van der Waals surface area (Å²) >= 11 is 0. The van der Waals surface area contributed by atoms with Gasteiger partial charge in [-0.3, -0.25) is 4.79 Å². The second kappa shape index (κ2) is 8.33. The lowest BCUT2D eigenvalue weighted by molar-refractivity contribution is -0.300. The van der Waals surface area contributed by atoms with Crippen molar-refractivity contribution in [1.82, 2.24) is 5.32 Å². The fraction of sp³-hybridized carbons (Fsp3) is 0.769. The average molecular weight is 289 g/mol. The predicted octanol–water partition coefficient (Wildman–Crippen LogP) is -0.295. The molecule has 1 aliphatic heterocycles. The van der Waals surface area contributed by atoms with Crippen molar-refractivity contribution >= 4 is 5.91 Å². The molecule has 116 valence electrons. The Hall–Kier alpha value is -0.990. The minimum atomic E-state index is -0.595. The van der Waals surface area contributed by atoms with Gasteiger partial charge >= 0.3 is 0 Å². The third-order valence-electron chi connectivity index (χ3n) is 3.30. The van der Waals surface area contributed by atoms with Gasteiger partial charge in [-0.1, -0.05) is 6.58 Å². The first kappa shape index (κ1) is 17.1. The zero-order chi connectivity index (χ0) is 15.1. The predicted molar refractivity (Wildman–Crippen MR) is 71.3 cm³/mol. The third-order valence-corrected chi connectivity index (χ3v) is 3.30. The number of ether oxygens (including phenoxy) is 5. The molecule has 7 nitrogen and oxygen atoms in total. The van der Waals surface area contributed by atoms with E-state index in [4.69, 9.17) is 23.7 Å². The molecule has 0 aromatic rings. The number of hydrogen-bond donors (Lipinski definition) is 1. The third kappa shape index (κ3) is 3.77. The zero-order valence-electron chi connectivity index (χ0n) is 12.3. The molecule has 1 amide bonds. The summed E-state index contributed by atoms with van der Waals surface area (Å²) in [5.74, 6) is -0.278. The summed E-state index contributed by atoms with van der Waals surface area (Å²) in [4.78, 5) is 11.3. The van der Waals surface area contributed by atoms with Crippen molar-refractivity contribution in [3.05, 3.63) is 12.7 Å². The number of nitrogens with one attached hydrogen (secondary N) is 1. The van der Waals surface area contributed by atoms with Gasteiger partial charge in [0.15, 0.2) is 6.29 Å². The summed E-state index contributed by atoms with van der Waals surface area (Å²) in [7, 11) is 6.21. The molecule has 1 saturated heterocycles. The average Bonchev–Trinajstić information content (AvgIpc) is 2.50. The van der Waals surface area contributed by atoms with Crippen LogP contribution >= 0.6 is 0 Å². The molecule has 0 bridgehead atoms. The van der Waals surface area contributed by atoms with Gasteiger partial charge in [0.2, 0.25) is 5.91 Å². The van der Waals surface area contributed by atoms with Gasteiger partial charge in [0.1, 0.15) is 24.4 Å². The SMILES string of the molecule is C=CC(=O)NCC1OC(OC)C(OC)C(OC)C1OC. The van der Waals surface area contributed by atoms with Gasteiger partial charge in [0, 0.05) is 35.0 Å². The Labute approximate surface area is 119 Å². The summed E-state index contributed by atoms with van der Waals surface area (Å²) in [5, 5.41) is 2.67. The second-order valence-corrected chi connectivity index (χ2v) is 4.33. The van der Waals surface area contributed by atoms with Crippen LogP contribution in [0.3, 0.4) is 0 Å². The van der Waals surface area contributed by atoms with E-state index < -0.39 is 18.5 Å². The highest BCUT2D eigenvalue weighted by atomic mass is 16.7. The minimum absolute atomic E-state index is 0.263. The highest BCUT2D eigenvalue weighted by Crippen LogP contribution is 2.27. The van der Waals surface area contributed by atoms with Crippen molar-refractivity contribution in [2.24, 2.45) is 0 Å².